The topological polar surface area (TPSA) is 64.5 Å². The molecule has 0 saturated heterocycles. The van der Waals surface area contributed by atoms with Crippen LogP contribution in [0.3, 0.4) is 0 Å². The summed E-state index contributed by atoms with van der Waals surface area (Å²) in [6.45, 7) is 8.82. The predicted molar refractivity (Wildman–Crippen MR) is 189 cm³/mol. The average molecular weight is 596 g/mol. The van der Waals surface area contributed by atoms with Crippen LogP contribution in [0.5, 0.6) is 0 Å². The minimum Gasteiger partial charge on any atom is -0.264 e. The second-order valence-corrected chi connectivity index (χ2v) is 10.9. The summed E-state index contributed by atoms with van der Waals surface area (Å²) in [5, 5.41) is 0. The van der Waals surface area contributed by atoms with E-state index in [0.29, 0.717) is 17.5 Å². The van der Waals surface area contributed by atoms with Gasteiger partial charge in [0.05, 0.1) is 0 Å². The lowest BCUT2D eigenvalue weighted by Gasteiger charge is -2.13. The fourth-order valence-corrected chi connectivity index (χ4v) is 5.02. The van der Waals surface area contributed by atoms with Crippen molar-refractivity contribution in [2.45, 2.75) is 13.8 Å². The number of allylic oxidation sites excluding steroid dienone is 6. The third-order valence-electron chi connectivity index (χ3n) is 7.69. The first kappa shape index (κ1) is 30.0. The molecule has 5 heteroatoms. The zero-order valence-corrected chi connectivity index (χ0v) is 25.9. The zero-order chi connectivity index (χ0) is 31.7. The number of nitrogens with zero attached hydrogens (tertiary/aromatic N) is 5. The van der Waals surface area contributed by atoms with Gasteiger partial charge >= 0.3 is 0 Å². The number of rotatable bonds is 9. The Bertz CT molecular complexity index is 1990. The third kappa shape index (κ3) is 7.17. The van der Waals surface area contributed by atoms with E-state index in [4.69, 9.17) is 15.0 Å². The molecule has 0 spiro atoms. The summed E-state index contributed by atoms with van der Waals surface area (Å²) in [6, 6.07) is 36.6. The van der Waals surface area contributed by atoms with Gasteiger partial charge in [0, 0.05) is 41.5 Å². The van der Waals surface area contributed by atoms with E-state index >= 15 is 0 Å². The zero-order valence-electron chi connectivity index (χ0n) is 25.9. The molecule has 0 bridgehead atoms. The van der Waals surface area contributed by atoms with Crippen LogP contribution < -0.4 is 0 Å². The van der Waals surface area contributed by atoms with Crippen molar-refractivity contribution in [3.63, 3.8) is 0 Å². The molecule has 6 rings (SSSR count). The van der Waals surface area contributed by atoms with E-state index in [2.05, 4.69) is 109 Å². The number of hydrogen-bond acceptors (Lipinski definition) is 5. The van der Waals surface area contributed by atoms with E-state index in [-0.39, 0.29) is 0 Å². The Hall–Kier alpha value is -6.07. The van der Waals surface area contributed by atoms with Gasteiger partial charge in [0.15, 0.2) is 17.5 Å². The van der Waals surface area contributed by atoms with Crippen LogP contribution >= 0.6 is 0 Å². The molecule has 3 heterocycles. The molecule has 0 aliphatic carbocycles. The predicted octanol–water partition coefficient (Wildman–Crippen LogP) is 9.81. The molecule has 0 saturated carbocycles. The van der Waals surface area contributed by atoms with Crippen LogP contribution in [0.25, 0.3) is 51.4 Å². The van der Waals surface area contributed by atoms with Crippen LogP contribution in [-0.4, -0.2) is 24.9 Å². The van der Waals surface area contributed by atoms with Gasteiger partial charge in [-0.05, 0) is 89.2 Å². The maximum absolute atomic E-state index is 4.86. The summed E-state index contributed by atoms with van der Waals surface area (Å²) in [5.41, 5.74) is 10.1. The quantitative estimate of drug-likeness (QED) is 0.156. The summed E-state index contributed by atoms with van der Waals surface area (Å²) in [6.07, 6.45) is 13.5. The van der Waals surface area contributed by atoms with Crippen LogP contribution in [0.1, 0.15) is 30.5 Å². The SMILES string of the molecule is C=C(\C=C(/C(C)=C(C)/C=C\c1ccccc1)c1ccccc1)c1cccc(-c2nc(-c3cccnc3)nc(-c3cccnc3)n2)c1. The standard InChI is InChI=1S/C41H33N5/c1-29(21-22-32-13-6-4-7-14-32)31(3)38(33-15-8-5-9-16-33)25-30(2)34-17-10-18-35(26-34)39-44-40(36-19-11-23-42-27-36)46-41(45-39)37-20-12-24-43-28-37/h4-28H,2H2,1,3H3/b22-21-,31-29+,38-25+. The highest BCUT2D eigenvalue weighted by Gasteiger charge is 2.14. The number of pyridine rings is 2. The first-order valence-electron chi connectivity index (χ1n) is 15.1. The lowest BCUT2D eigenvalue weighted by molar-refractivity contribution is 1.07. The van der Waals surface area contributed by atoms with Crippen molar-refractivity contribution in [2.75, 3.05) is 0 Å². The maximum atomic E-state index is 4.86. The van der Waals surface area contributed by atoms with E-state index < -0.39 is 0 Å². The second-order valence-electron chi connectivity index (χ2n) is 10.9. The van der Waals surface area contributed by atoms with Gasteiger partial charge in [-0.25, -0.2) is 15.0 Å². The second kappa shape index (κ2) is 14.1. The lowest BCUT2D eigenvalue weighted by atomic mass is 9.91. The molecule has 0 aliphatic heterocycles. The van der Waals surface area contributed by atoms with Crippen LogP contribution in [0.2, 0.25) is 0 Å². The van der Waals surface area contributed by atoms with Gasteiger partial charge in [-0.2, -0.15) is 0 Å². The monoisotopic (exact) mass is 595 g/mol. The summed E-state index contributed by atoms with van der Waals surface area (Å²) in [5.74, 6) is 1.66. The molecule has 0 fully saturated rings. The van der Waals surface area contributed by atoms with E-state index in [1.165, 1.54) is 11.1 Å². The largest absolute Gasteiger partial charge is 0.264 e. The normalized spacial score (nSPS) is 12.2. The lowest BCUT2D eigenvalue weighted by Crippen LogP contribution is -2.00. The number of hydrogen-bond donors (Lipinski definition) is 0. The Balaban J connectivity index is 1.39. The van der Waals surface area contributed by atoms with E-state index in [9.17, 15) is 0 Å². The average Bonchev–Trinajstić information content (AvgIpc) is 3.14. The van der Waals surface area contributed by atoms with Crippen molar-refractivity contribution in [3.05, 3.63) is 181 Å². The molecule has 6 aromatic rings. The van der Waals surface area contributed by atoms with Crippen molar-refractivity contribution in [1.82, 2.24) is 24.9 Å². The summed E-state index contributed by atoms with van der Waals surface area (Å²) < 4.78 is 0. The van der Waals surface area contributed by atoms with Gasteiger partial charge < -0.3 is 0 Å². The fraction of sp³-hybridized carbons (Fsp3) is 0.0488. The third-order valence-corrected chi connectivity index (χ3v) is 7.69. The minimum absolute atomic E-state index is 0.548. The van der Waals surface area contributed by atoms with E-state index in [1.54, 1.807) is 24.8 Å². The van der Waals surface area contributed by atoms with Crippen LogP contribution in [-0.2, 0) is 0 Å². The molecule has 46 heavy (non-hydrogen) atoms. The summed E-state index contributed by atoms with van der Waals surface area (Å²) in [4.78, 5) is 23.0. The minimum atomic E-state index is 0.548. The molecular formula is C41H33N5. The summed E-state index contributed by atoms with van der Waals surface area (Å²) >= 11 is 0. The number of aromatic nitrogens is 5. The Kier molecular flexibility index (Phi) is 9.22. The van der Waals surface area contributed by atoms with Gasteiger partial charge in [0.2, 0.25) is 0 Å². The maximum Gasteiger partial charge on any atom is 0.165 e. The Morgan fingerprint density at radius 2 is 1.13 bits per heavy atom. The molecular weight excluding hydrogens is 562 g/mol. The molecule has 3 aromatic heterocycles. The van der Waals surface area contributed by atoms with Crippen molar-refractivity contribution < 1.29 is 0 Å². The van der Waals surface area contributed by atoms with Crippen molar-refractivity contribution in [1.29, 1.82) is 0 Å². The van der Waals surface area contributed by atoms with Crippen molar-refractivity contribution in [3.8, 4) is 34.2 Å². The van der Waals surface area contributed by atoms with Crippen molar-refractivity contribution in [2.24, 2.45) is 0 Å². The van der Waals surface area contributed by atoms with Crippen LogP contribution in [0.4, 0.5) is 0 Å². The molecule has 3 aromatic carbocycles. The van der Waals surface area contributed by atoms with Crippen LogP contribution in [0, 0.1) is 0 Å². The smallest absolute Gasteiger partial charge is 0.165 e. The number of benzene rings is 3. The van der Waals surface area contributed by atoms with E-state index in [1.807, 2.05) is 48.5 Å². The molecule has 0 atom stereocenters. The van der Waals surface area contributed by atoms with Gasteiger partial charge in [-0.3, -0.25) is 9.97 Å². The molecule has 5 nitrogen and oxygen atoms in total. The Labute approximate surface area is 270 Å². The summed E-state index contributed by atoms with van der Waals surface area (Å²) in [7, 11) is 0. The highest BCUT2D eigenvalue weighted by molar-refractivity contribution is 5.90. The molecule has 222 valence electrons. The van der Waals surface area contributed by atoms with Gasteiger partial charge in [0.1, 0.15) is 0 Å². The Morgan fingerprint density at radius 1 is 0.587 bits per heavy atom. The first-order chi connectivity index (χ1) is 22.5. The van der Waals surface area contributed by atoms with E-state index in [0.717, 1.165) is 44.5 Å². The Morgan fingerprint density at radius 3 is 1.72 bits per heavy atom. The van der Waals surface area contributed by atoms with Gasteiger partial charge in [-0.15, -0.1) is 0 Å². The molecule has 0 aliphatic rings. The van der Waals surface area contributed by atoms with Crippen LogP contribution in [0.15, 0.2) is 164 Å². The fourth-order valence-electron chi connectivity index (χ4n) is 5.02. The van der Waals surface area contributed by atoms with Crippen molar-refractivity contribution >= 4 is 17.2 Å². The van der Waals surface area contributed by atoms with Gasteiger partial charge in [0.25, 0.3) is 0 Å². The molecule has 0 N–H and O–H groups in total. The molecule has 0 unspecified atom stereocenters. The highest BCUT2D eigenvalue weighted by atomic mass is 15.0. The highest BCUT2D eigenvalue weighted by Crippen LogP contribution is 2.31. The van der Waals surface area contributed by atoms with Gasteiger partial charge in [-0.1, -0.05) is 97.6 Å². The molecule has 0 radical (unpaired) electrons. The first-order valence-corrected chi connectivity index (χ1v) is 15.1. The molecule has 0 amide bonds.